The minimum atomic E-state index is -1.19. The molecule has 0 saturated carbocycles. The van der Waals surface area contributed by atoms with Gasteiger partial charge < -0.3 is 9.47 Å². The van der Waals surface area contributed by atoms with Crippen molar-refractivity contribution in [3.63, 3.8) is 0 Å². The molecule has 1 unspecified atom stereocenters. The molecule has 0 heterocycles. The second-order valence-electron chi connectivity index (χ2n) is 4.45. The van der Waals surface area contributed by atoms with Crippen molar-refractivity contribution >= 4 is 11.9 Å². The van der Waals surface area contributed by atoms with Crippen LogP contribution in [0.4, 0.5) is 0 Å². The molecule has 0 rings (SSSR count). The van der Waals surface area contributed by atoms with Gasteiger partial charge in [-0.1, -0.05) is 27.2 Å². The first-order valence-corrected chi connectivity index (χ1v) is 5.72. The van der Waals surface area contributed by atoms with Crippen LogP contribution < -0.4 is 0 Å². The van der Waals surface area contributed by atoms with E-state index < -0.39 is 17.5 Å². The summed E-state index contributed by atoms with van der Waals surface area (Å²) in [6.07, 6.45) is 1.20. The fraction of sp³-hybridized carbons (Fsp3) is 0.833. The largest absolute Gasteiger partial charge is 0.462 e. The van der Waals surface area contributed by atoms with E-state index in [0.29, 0.717) is 12.5 Å². The molecule has 94 valence electrons. The van der Waals surface area contributed by atoms with Crippen molar-refractivity contribution in [3.8, 4) is 0 Å². The lowest BCUT2D eigenvalue weighted by atomic mass is 10.1. The molecule has 0 aliphatic heterocycles. The SMILES string of the molecule is CCC(=O)OC(C)(C)C(=O)OCC(C)CC. The zero-order valence-corrected chi connectivity index (χ0v) is 10.8. The summed E-state index contributed by atoms with van der Waals surface area (Å²) in [5, 5.41) is 0. The fourth-order valence-electron chi connectivity index (χ4n) is 0.908. The van der Waals surface area contributed by atoms with Crippen LogP contribution in [0, 0.1) is 5.92 Å². The van der Waals surface area contributed by atoms with Gasteiger partial charge in [0.05, 0.1) is 6.61 Å². The highest BCUT2D eigenvalue weighted by Crippen LogP contribution is 2.14. The Morgan fingerprint density at radius 2 is 1.81 bits per heavy atom. The second-order valence-corrected chi connectivity index (χ2v) is 4.45. The maximum atomic E-state index is 11.6. The number of esters is 2. The van der Waals surface area contributed by atoms with Gasteiger partial charge in [-0.25, -0.2) is 4.79 Å². The molecule has 4 nitrogen and oxygen atoms in total. The summed E-state index contributed by atoms with van der Waals surface area (Å²) < 4.78 is 10.1. The van der Waals surface area contributed by atoms with E-state index in [9.17, 15) is 9.59 Å². The van der Waals surface area contributed by atoms with Crippen molar-refractivity contribution in [1.29, 1.82) is 0 Å². The zero-order valence-electron chi connectivity index (χ0n) is 10.8. The minimum Gasteiger partial charge on any atom is -0.462 e. The molecule has 0 fully saturated rings. The van der Waals surface area contributed by atoms with Gasteiger partial charge in [0.15, 0.2) is 0 Å². The molecule has 0 radical (unpaired) electrons. The molecule has 16 heavy (non-hydrogen) atoms. The van der Waals surface area contributed by atoms with Gasteiger partial charge in [0.2, 0.25) is 5.60 Å². The molecule has 0 aromatic heterocycles. The highest BCUT2D eigenvalue weighted by atomic mass is 16.6. The Morgan fingerprint density at radius 1 is 1.25 bits per heavy atom. The van der Waals surface area contributed by atoms with E-state index in [0.717, 1.165) is 6.42 Å². The molecule has 0 aliphatic rings. The van der Waals surface area contributed by atoms with Crippen LogP contribution in [-0.2, 0) is 19.1 Å². The molecule has 4 heteroatoms. The Morgan fingerprint density at radius 3 is 2.25 bits per heavy atom. The van der Waals surface area contributed by atoms with E-state index in [1.807, 2.05) is 13.8 Å². The first kappa shape index (κ1) is 14.9. The molecule has 0 N–H and O–H groups in total. The lowest BCUT2D eigenvalue weighted by molar-refractivity contribution is -0.179. The van der Waals surface area contributed by atoms with Crippen LogP contribution in [0.3, 0.4) is 0 Å². The molecule has 0 aromatic rings. The summed E-state index contributed by atoms with van der Waals surface area (Å²) >= 11 is 0. The third-order valence-corrected chi connectivity index (χ3v) is 2.35. The molecule has 0 saturated heterocycles. The van der Waals surface area contributed by atoms with Gasteiger partial charge in [-0.2, -0.15) is 0 Å². The van der Waals surface area contributed by atoms with Crippen molar-refractivity contribution in [3.05, 3.63) is 0 Å². The number of hydrogen-bond acceptors (Lipinski definition) is 4. The molecule has 0 amide bonds. The Balaban J connectivity index is 4.19. The summed E-state index contributed by atoms with van der Waals surface area (Å²) in [7, 11) is 0. The van der Waals surface area contributed by atoms with Crippen molar-refractivity contribution in [2.45, 2.75) is 53.1 Å². The quantitative estimate of drug-likeness (QED) is 0.657. The topological polar surface area (TPSA) is 52.6 Å². The van der Waals surface area contributed by atoms with Gasteiger partial charge in [-0.05, 0) is 19.8 Å². The van der Waals surface area contributed by atoms with E-state index in [-0.39, 0.29) is 6.42 Å². The Hall–Kier alpha value is -1.06. The maximum Gasteiger partial charge on any atom is 0.350 e. The van der Waals surface area contributed by atoms with Crippen molar-refractivity contribution < 1.29 is 19.1 Å². The third kappa shape index (κ3) is 5.14. The van der Waals surface area contributed by atoms with E-state index in [2.05, 4.69) is 0 Å². The highest BCUT2D eigenvalue weighted by molar-refractivity contribution is 5.82. The molecule has 0 aliphatic carbocycles. The summed E-state index contributed by atoms with van der Waals surface area (Å²) in [6.45, 7) is 9.16. The monoisotopic (exact) mass is 230 g/mol. The van der Waals surface area contributed by atoms with Crippen LogP contribution in [-0.4, -0.2) is 24.1 Å². The van der Waals surface area contributed by atoms with Crippen LogP contribution in [0.5, 0.6) is 0 Å². The highest BCUT2D eigenvalue weighted by Gasteiger charge is 2.33. The lowest BCUT2D eigenvalue weighted by Crippen LogP contribution is -2.39. The maximum absolute atomic E-state index is 11.6. The van der Waals surface area contributed by atoms with Gasteiger partial charge in [-0.15, -0.1) is 0 Å². The van der Waals surface area contributed by atoms with Crippen LogP contribution in [0.15, 0.2) is 0 Å². The van der Waals surface area contributed by atoms with E-state index in [4.69, 9.17) is 9.47 Å². The molecular weight excluding hydrogens is 208 g/mol. The Bertz CT molecular complexity index is 245. The predicted octanol–water partition coefficient (Wildman–Crippen LogP) is 2.31. The van der Waals surface area contributed by atoms with Crippen LogP contribution in [0.1, 0.15) is 47.5 Å². The number of rotatable bonds is 6. The summed E-state index contributed by atoms with van der Waals surface area (Å²) in [5.74, 6) is -0.568. The molecule has 0 bridgehead atoms. The van der Waals surface area contributed by atoms with Crippen molar-refractivity contribution in [2.75, 3.05) is 6.61 Å². The van der Waals surface area contributed by atoms with Gasteiger partial charge in [0.1, 0.15) is 0 Å². The first-order chi connectivity index (χ1) is 7.33. The first-order valence-electron chi connectivity index (χ1n) is 5.72. The number of carbonyl (C=O) groups excluding carboxylic acids is 2. The number of ether oxygens (including phenoxy) is 2. The Labute approximate surface area is 97.3 Å². The van der Waals surface area contributed by atoms with Gasteiger partial charge in [-0.3, -0.25) is 4.79 Å². The third-order valence-electron chi connectivity index (χ3n) is 2.35. The molecule has 0 aromatic carbocycles. The predicted molar refractivity (Wildman–Crippen MR) is 60.9 cm³/mol. The zero-order chi connectivity index (χ0) is 12.8. The fourth-order valence-corrected chi connectivity index (χ4v) is 0.908. The van der Waals surface area contributed by atoms with Gasteiger partial charge >= 0.3 is 11.9 Å². The van der Waals surface area contributed by atoms with Crippen molar-refractivity contribution in [1.82, 2.24) is 0 Å². The summed E-state index contributed by atoms with van der Waals surface area (Å²) in [5.41, 5.74) is -1.19. The van der Waals surface area contributed by atoms with Crippen LogP contribution >= 0.6 is 0 Å². The standard InChI is InChI=1S/C12H22O4/c1-6-9(3)8-15-11(14)12(4,5)16-10(13)7-2/h9H,6-8H2,1-5H3. The van der Waals surface area contributed by atoms with E-state index in [1.54, 1.807) is 20.8 Å². The second kappa shape index (κ2) is 6.51. The molecule has 1 atom stereocenters. The smallest absolute Gasteiger partial charge is 0.350 e. The van der Waals surface area contributed by atoms with Gasteiger partial charge in [0.25, 0.3) is 0 Å². The average molecular weight is 230 g/mol. The average Bonchev–Trinajstić information content (AvgIpc) is 2.24. The van der Waals surface area contributed by atoms with E-state index >= 15 is 0 Å². The molecular formula is C12H22O4. The Kier molecular flexibility index (Phi) is 6.08. The van der Waals surface area contributed by atoms with Crippen LogP contribution in [0.25, 0.3) is 0 Å². The van der Waals surface area contributed by atoms with Crippen molar-refractivity contribution in [2.24, 2.45) is 5.92 Å². The van der Waals surface area contributed by atoms with Gasteiger partial charge in [0, 0.05) is 6.42 Å². The lowest BCUT2D eigenvalue weighted by Gasteiger charge is -2.23. The van der Waals surface area contributed by atoms with Crippen LogP contribution in [0.2, 0.25) is 0 Å². The summed E-state index contributed by atoms with van der Waals surface area (Å²) in [4.78, 5) is 22.7. The van der Waals surface area contributed by atoms with E-state index in [1.165, 1.54) is 0 Å². The minimum absolute atomic E-state index is 0.252. The number of hydrogen-bond donors (Lipinski definition) is 0. The number of carbonyl (C=O) groups is 2. The normalized spacial score (nSPS) is 13.1. The summed E-state index contributed by atoms with van der Waals surface area (Å²) in [6, 6.07) is 0. The molecule has 0 spiro atoms.